The van der Waals surface area contributed by atoms with Crippen molar-refractivity contribution in [3.05, 3.63) is 81.8 Å². The molecule has 1 N–H and O–H groups in total. The summed E-state index contributed by atoms with van der Waals surface area (Å²) in [4.78, 5) is 33.6. The molecule has 31 heavy (non-hydrogen) atoms. The van der Waals surface area contributed by atoms with Crippen LogP contribution < -0.4 is 10.9 Å². The van der Waals surface area contributed by atoms with E-state index in [0.29, 0.717) is 17.9 Å². The van der Waals surface area contributed by atoms with Crippen LogP contribution in [0.5, 0.6) is 0 Å². The quantitative estimate of drug-likeness (QED) is 0.666. The van der Waals surface area contributed by atoms with Gasteiger partial charge in [-0.2, -0.15) is 0 Å². The van der Waals surface area contributed by atoms with E-state index in [1.54, 1.807) is 0 Å². The van der Waals surface area contributed by atoms with Crippen molar-refractivity contribution in [2.75, 3.05) is 18.4 Å². The molecule has 1 aromatic heterocycles. The fourth-order valence-electron chi connectivity index (χ4n) is 4.08. The van der Waals surface area contributed by atoms with Crippen LogP contribution in [-0.2, 0) is 24.3 Å². The van der Waals surface area contributed by atoms with Gasteiger partial charge < -0.3 is 5.32 Å². The fraction of sp³-hybridized carbons (Fsp3) is 0.320. The minimum atomic E-state index is -0.239. The molecule has 1 aliphatic rings. The van der Waals surface area contributed by atoms with E-state index < -0.39 is 0 Å². The molecule has 0 bridgehead atoms. The van der Waals surface area contributed by atoms with Crippen LogP contribution in [0.15, 0.2) is 59.4 Å². The van der Waals surface area contributed by atoms with Gasteiger partial charge in [-0.25, -0.2) is 4.98 Å². The molecule has 3 aromatic rings. The Morgan fingerprint density at radius 1 is 1.10 bits per heavy atom. The Balaban J connectivity index is 1.72. The Kier molecular flexibility index (Phi) is 6.28. The predicted octanol–water partition coefficient (Wildman–Crippen LogP) is 3.63. The van der Waals surface area contributed by atoms with Crippen molar-refractivity contribution in [3.8, 4) is 11.4 Å². The molecular formula is C25H28N4O2. The summed E-state index contributed by atoms with van der Waals surface area (Å²) in [5.74, 6) is 0.310. The first-order valence-electron chi connectivity index (χ1n) is 10.8. The molecule has 0 aliphatic carbocycles. The molecule has 6 heteroatoms. The van der Waals surface area contributed by atoms with E-state index in [4.69, 9.17) is 4.98 Å². The molecule has 2 aromatic carbocycles. The lowest BCUT2D eigenvalue weighted by atomic mass is 10.1. The smallest absolute Gasteiger partial charge is 0.259 e. The number of benzene rings is 2. The highest BCUT2D eigenvalue weighted by Crippen LogP contribution is 2.21. The maximum absolute atomic E-state index is 13.5. The molecule has 0 atom stereocenters. The molecule has 4 rings (SSSR count). The summed E-state index contributed by atoms with van der Waals surface area (Å²) >= 11 is 0. The molecule has 0 saturated carbocycles. The van der Waals surface area contributed by atoms with Gasteiger partial charge in [-0.3, -0.25) is 19.1 Å². The maximum Gasteiger partial charge on any atom is 0.259 e. The van der Waals surface area contributed by atoms with Crippen LogP contribution in [0.2, 0.25) is 0 Å². The Labute approximate surface area is 182 Å². The monoisotopic (exact) mass is 416 g/mol. The zero-order valence-corrected chi connectivity index (χ0v) is 18.1. The lowest BCUT2D eigenvalue weighted by Gasteiger charge is -2.28. The summed E-state index contributed by atoms with van der Waals surface area (Å²) in [7, 11) is 0. The number of aromatic nitrogens is 2. The SMILES string of the molecule is CCCN1CCc2nc(-c3ccccc3)n(CC(=O)Nc3ccccc3C)c(=O)c2C1. The minimum absolute atomic E-state index is 0.0779. The van der Waals surface area contributed by atoms with Crippen LogP contribution in [0.25, 0.3) is 11.4 Å². The molecule has 0 spiro atoms. The van der Waals surface area contributed by atoms with Gasteiger partial charge in [0, 0.05) is 30.8 Å². The largest absolute Gasteiger partial charge is 0.324 e. The topological polar surface area (TPSA) is 67.2 Å². The first-order valence-corrected chi connectivity index (χ1v) is 10.8. The van der Waals surface area contributed by atoms with E-state index in [-0.39, 0.29) is 18.0 Å². The number of anilines is 1. The molecule has 0 radical (unpaired) electrons. The van der Waals surface area contributed by atoms with Crippen LogP contribution in [-0.4, -0.2) is 33.4 Å². The van der Waals surface area contributed by atoms with Crippen molar-refractivity contribution in [2.45, 2.75) is 39.8 Å². The summed E-state index contributed by atoms with van der Waals surface area (Å²) in [6.07, 6.45) is 1.79. The first-order chi connectivity index (χ1) is 15.1. The highest BCUT2D eigenvalue weighted by atomic mass is 16.2. The third-order valence-electron chi connectivity index (χ3n) is 5.69. The number of hydrogen-bond acceptors (Lipinski definition) is 4. The van der Waals surface area contributed by atoms with Crippen LogP contribution in [0.1, 0.15) is 30.2 Å². The summed E-state index contributed by atoms with van der Waals surface area (Å²) in [6, 6.07) is 17.2. The Morgan fingerprint density at radius 2 is 1.84 bits per heavy atom. The third-order valence-corrected chi connectivity index (χ3v) is 5.69. The van der Waals surface area contributed by atoms with E-state index >= 15 is 0 Å². The molecular weight excluding hydrogens is 388 g/mol. The highest BCUT2D eigenvalue weighted by molar-refractivity contribution is 5.91. The molecule has 6 nitrogen and oxygen atoms in total. The summed E-state index contributed by atoms with van der Waals surface area (Å²) < 4.78 is 1.53. The molecule has 0 fully saturated rings. The van der Waals surface area contributed by atoms with Gasteiger partial charge >= 0.3 is 0 Å². The lowest BCUT2D eigenvalue weighted by Crippen LogP contribution is -2.40. The molecule has 160 valence electrons. The number of nitrogens with one attached hydrogen (secondary N) is 1. The van der Waals surface area contributed by atoms with E-state index in [1.165, 1.54) is 4.57 Å². The van der Waals surface area contributed by atoms with E-state index in [1.807, 2.05) is 61.5 Å². The van der Waals surface area contributed by atoms with E-state index in [0.717, 1.165) is 48.4 Å². The minimum Gasteiger partial charge on any atom is -0.324 e. The van der Waals surface area contributed by atoms with Gasteiger partial charge in [0.1, 0.15) is 12.4 Å². The van der Waals surface area contributed by atoms with Crippen molar-refractivity contribution >= 4 is 11.6 Å². The number of rotatable bonds is 6. The van der Waals surface area contributed by atoms with Gasteiger partial charge in [-0.05, 0) is 31.5 Å². The lowest BCUT2D eigenvalue weighted by molar-refractivity contribution is -0.116. The Morgan fingerprint density at radius 3 is 2.58 bits per heavy atom. The average Bonchev–Trinajstić information content (AvgIpc) is 2.78. The number of carbonyl (C=O) groups is 1. The zero-order chi connectivity index (χ0) is 21.8. The molecule has 0 saturated heterocycles. The van der Waals surface area contributed by atoms with Crippen LogP contribution in [0.4, 0.5) is 5.69 Å². The van der Waals surface area contributed by atoms with E-state index in [9.17, 15) is 9.59 Å². The summed E-state index contributed by atoms with van der Waals surface area (Å²) in [5, 5.41) is 2.94. The first kappa shape index (κ1) is 21.0. The van der Waals surface area contributed by atoms with Crippen molar-refractivity contribution < 1.29 is 4.79 Å². The molecule has 1 amide bonds. The maximum atomic E-state index is 13.5. The van der Waals surface area contributed by atoms with Gasteiger partial charge in [0.25, 0.3) is 5.56 Å². The number of para-hydroxylation sites is 1. The number of aryl methyl sites for hydroxylation is 1. The number of carbonyl (C=O) groups excluding carboxylic acids is 1. The van der Waals surface area contributed by atoms with Crippen LogP contribution in [0, 0.1) is 6.92 Å². The number of hydrogen-bond donors (Lipinski definition) is 1. The second kappa shape index (κ2) is 9.27. The molecule has 0 unspecified atom stereocenters. The number of fused-ring (bicyclic) bond motifs is 1. The standard InChI is InChI=1S/C25H28N4O2/c1-3-14-28-15-13-22-20(16-28)25(31)29(24(27-22)19-10-5-4-6-11-19)17-23(30)26-21-12-8-7-9-18(21)2/h4-12H,3,13-17H2,1-2H3,(H,26,30). The van der Waals surface area contributed by atoms with Gasteiger partial charge in [0.2, 0.25) is 5.91 Å². The Hall–Kier alpha value is -3.25. The number of amides is 1. The summed E-state index contributed by atoms with van der Waals surface area (Å²) in [6.45, 7) is 6.45. The summed E-state index contributed by atoms with van der Waals surface area (Å²) in [5.41, 5.74) is 4.01. The van der Waals surface area contributed by atoms with Crippen LogP contribution >= 0.6 is 0 Å². The number of nitrogens with zero attached hydrogens (tertiary/aromatic N) is 3. The third kappa shape index (κ3) is 4.59. The molecule has 2 heterocycles. The van der Waals surface area contributed by atoms with Crippen LogP contribution in [0.3, 0.4) is 0 Å². The predicted molar refractivity (Wildman–Crippen MR) is 123 cm³/mol. The average molecular weight is 417 g/mol. The van der Waals surface area contributed by atoms with Gasteiger partial charge in [-0.15, -0.1) is 0 Å². The molecule has 1 aliphatic heterocycles. The Bertz CT molecular complexity index is 1140. The zero-order valence-electron chi connectivity index (χ0n) is 18.1. The van der Waals surface area contributed by atoms with Crippen molar-refractivity contribution in [3.63, 3.8) is 0 Å². The van der Waals surface area contributed by atoms with Crippen molar-refractivity contribution in [1.82, 2.24) is 14.5 Å². The van der Waals surface area contributed by atoms with Crippen molar-refractivity contribution in [2.24, 2.45) is 0 Å². The second-order valence-electron chi connectivity index (χ2n) is 8.01. The van der Waals surface area contributed by atoms with Crippen molar-refractivity contribution in [1.29, 1.82) is 0 Å². The fourth-order valence-corrected chi connectivity index (χ4v) is 4.08. The second-order valence-corrected chi connectivity index (χ2v) is 8.01. The highest BCUT2D eigenvalue weighted by Gasteiger charge is 2.24. The van der Waals surface area contributed by atoms with E-state index in [2.05, 4.69) is 17.1 Å². The normalized spacial score (nSPS) is 13.6. The van der Waals surface area contributed by atoms with Gasteiger partial charge in [-0.1, -0.05) is 55.5 Å². The van der Waals surface area contributed by atoms with Gasteiger partial charge in [0.15, 0.2) is 0 Å². The van der Waals surface area contributed by atoms with Gasteiger partial charge in [0.05, 0.1) is 11.3 Å².